The molecule has 2 aromatic rings. The molecular weight excluding hydrogens is 271 g/mol. The summed E-state index contributed by atoms with van der Waals surface area (Å²) in [7, 11) is 0. The van der Waals surface area contributed by atoms with Crippen molar-refractivity contribution in [1.29, 1.82) is 5.41 Å². The first-order valence-corrected chi connectivity index (χ1v) is 6.25. The predicted octanol–water partition coefficient (Wildman–Crippen LogP) is 3.06. The van der Waals surface area contributed by atoms with E-state index in [0.717, 1.165) is 5.56 Å². The number of aryl methyl sites for hydroxylation is 1. The predicted molar refractivity (Wildman–Crippen MR) is 81.2 cm³/mol. The second kappa shape index (κ2) is 6.04. The van der Waals surface area contributed by atoms with Crippen molar-refractivity contribution in [3.63, 3.8) is 0 Å². The van der Waals surface area contributed by atoms with Crippen molar-refractivity contribution in [1.82, 2.24) is 0 Å². The summed E-state index contributed by atoms with van der Waals surface area (Å²) < 4.78 is 13.5. The van der Waals surface area contributed by atoms with Crippen molar-refractivity contribution < 1.29 is 9.18 Å². The fraction of sp³-hybridized carbons (Fsp3) is 0.0667. The van der Waals surface area contributed by atoms with Crippen LogP contribution in [0.4, 0.5) is 20.6 Å². The first-order chi connectivity index (χ1) is 9.97. The third kappa shape index (κ3) is 3.56. The van der Waals surface area contributed by atoms with Gasteiger partial charge in [-0.05, 0) is 30.7 Å². The van der Waals surface area contributed by atoms with Gasteiger partial charge in [-0.2, -0.15) is 0 Å². The van der Waals surface area contributed by atoms with Crippen LogP contribution >= 0.6 is 0 Å². The van der Waals surface area contributed by atoms with E-state index in [-0.39, 0.29) is 11.5 Å². The molecule has 2 rings (SSSR count). The molecule has 0 radical (unpaired) electrons. The van der Waals surface area contributed by atoms with Crippen molar-refractivity contribution in [2.45, 2.75) is 6.92 Å². The Balaban J connectivity index is 2.15. The second-order valence-corrected chi connectivity index (χ2v) is 4.50. The molecule has 0 aliphatic carbocycles. The lowest BCUT2D eigenvalue weighted by Gasteiger charge is -2.11. The number of carbonyl (C=O) groups excluding carboxylic acids is 1. The first-order valence-electron chi connectivity index (χ1n) is 6.25. The summed E-state index contributed by atoms with van der Waals surface area (Å²) in [6.45, 7) is 1.81. The van der Waals surface area contributed by atoms with Gasteiger partial charge in [-0.25, -0.2) is 9.18 Å². The van der Waals surface area contributed by atoms with Gasteiger partial charge in [0.25, 0.3) is 0 Å². The molecule has 0 aromatic heterocycles. The number of urea groups is 1. The molecule has 6 heteroatoms. The van der Waals surface area contributed by atoms with E-state index < -0.39 is 11.8 Å². The van der Waals surface area contributed by atoms with Gasteiger partial charge in [-0.1, -0.05) is 24.3 Å². The van der Waals surface area contributed by atoms with Gasteiger partial charge < -0.3 is 16.4 Å². The van der Waals surface area contributed by atoms with Crippen LogP contribution < -0.4 is 16.4 Å². The monoisotopic (exact) mass is 286 g/mol. The highest BCUT2D eigenvalue weighted by atomic mass is 19.1. The smallest absolute Gasteiger partial charge is 0.323 e. The largest absolute Gasteiger partial charge is 0.384 e. The average Bonchev–Trinajstić information content (AvgIpc) is 2.43. The highest BCUT2D eigenvalue weighted by Crippen LogP contribution is 2.18. The fourth-order valence-electron chi connectivity index (χ4n) is 1.76. The average molecular weight is 286 g/mol. The summed E-state index contributed by atoms with van der Waals surface area (Å²) in [5.74, 6) is -0.602. The fourth-order valence-corrected chi connectivity index (χ4v) is 1.76. The summed E-state index contributed by atoms with van der Waals surface area (Å²) in [5.41, 5.74) is 7.33. The van der Waals surface area contributed by atoms with Gasteiger partial charge in [0, 0.05) is 11.3 Å². The van der Waals surface area contributed by atoms with E-state index >= 15 is 0 Å². The van der Waals surface area contributed by atoms with E-state index in [0.29, 0.717) is 11.3 Å². The van der Waals surface area contributed by atoms with Crippen molar-refractivity contribution in [2.24, 2.45) is 5.73 Å². The van der Waals surface area contributed by atoms with E-state index in [9.17, 15) is 9.18 Å². The lowest BCUT2D eigenvalue weighted by Crippen LogP contribution is -2.21. The molecule has 108 valence electrons. The molecule has 2 amide bonds. The van der Waals surface area contributed by atoms with Crippen LogP contribution in [0.2, 0.25) is 0 Å². The van der Waals surface area contributed by atoms with Crippen LogP contribution in [0.15, 0.2) is 42.5 Å². The molecule has 2 aromatic carbocycles. The van der Waals surface area contributed by atoms with E-state index in [1.165, 1.54) is 12.1 Å². The van der Waals surface area contributed by atoms with Gasteiger partial charge >= 0.3 is 6.03 Å². The summed E-state index contributed by atoms with van der Waals surface area (Å²) in [5, 5.41) is 12.4. The molecule has 5 N–H and O–H groups in total. The molecule has 5 nitrogen and oxygen atoms in total. The van der Waals surface area contributed by atoms with Crippen molar-refractivity contribution in [3.05, 3.63) is 59.4 Å². The normalized spacial score (nSPS) is 10.0. The number of hydrogen-bond acceptors (Lipinski definition) is 2. The number of carbonyl (C=O) groups is 1. The Hall–Kier alpha value is -2.89. The zero-order valence-electron chi connectivity index (χ0n) is 11.4. The number of para-hydroxylation sites is 1. The van der Waals surface area contributed by atoms with Crippen molar-refractivity contribution >= 4 is 23.2 Å². The third-order valence-electron chi connectivity index (χ3n) is 2.92. The summed E-state index contributed by atoms with van der Waals surface area (Å²) in [4.78, 5) is 11.9. The zero-order chi connectivity index (χ0) is 15.4. The molecule has 0 bridgehead atoms. The third-order valence-corrected chi connectivity index (χ3v) is 2.92. The number of amides is 2. The number of nitrogens with two attached hydrogens (primary N) is 1. The Kier molecular flexibility index (Phi) is 4.18. The van der Waals surface area contributed by atoms with E-state index in [4.69, 9.17) is 11.1 Å². The molecule has 21 heavy (non-hydrogen) atoms. The Bertz CT molecular complexity index is 700. The van der Waals surface area contributed by atoms with Crippen LogP contribution in [-0.4, -0.2) is 11.9 Å². The number of rotatable bonds is 3. The van der Waals surface area contributed by atoms with Crippen LogP contribution in [0.25, 0.3) is 0 Å². The molecule has 0 spiro atoms. The van der Waals surface area contributed by atoms with Gasteiger partial charge in [0.05, 0.1) is 5.69 Å². The van der Waals surface area contributed by atoms with E-state index in [1.54, 1.807) is 30.3 Å². The van der Waals surface area contributed by atoms with Crippen LogP contribution in [0, 0.1) is 18.2 Å². The van der Waals surface area contributed by atoms with Gasteiger partial charge in [0.1, 0.15) is 11.7 Å². The Labute approximate surface area is 121 Å². The van der Waals surface area contributed by atoms with Crippen LogP contribution in [-0.2, 0) is 0 Å². The number of amidine groups is 1. The quantitative estimate of drug-likeness (QED) is 0.516. The second-order valence-electron chi connectivity index (χ2n) is 4.50. The molecule has 0 unspecified atom stereocenters. The number of nitrogens with one attached hydrogen (secondary N) is 3. The Morgan fingerprint density at radius 1 is 1.14 bits per heavy atom. The SMILES string of the molecule is Cc1ccc(C(=N)N)cc1NC(=O)Nc1ccccc1F. The topological polar surface area (TPSA) is 91.0 Å². The minimum Gasteiger partial charge on any atom is -0.384 e. The first kappa shape index (κ1) is 14.5. The minimum absolute atomic E-state index is 0.0902. The Morgan fingerprint density at radius 2 is 1.81 bits per heavy atom. The van der Waals surface area contributed by atoms with Gasteiger partial charge in [0.2, 0.25) is 0 Å². The summed E-state index contributed by atoms with van der Waals surface area (Å²) >= 11 is 0. The molecule has 0 saturated heterocycles. The van der Waals surface area contributed by atoms with Crippen LogP contribution in [0.3, 0.4) is 0 Å². The summed E-state index contributed by atoms with van der Waals surface area (Å²) in [6, 6.07) is 10.4. The number of nitrogen functional groups attached to an aromatic ring is 1. The maximum Gasteiger partial charge on any atom is 0.323 e. The maximum atomic E-state index is 13.5. The standard InChI is InChI=1S/C15H15FN4O/c1-9-6-7-10(14(17)18)8-13(9)20-15(21)19-12-5-3-2-4-11(12)16/h2-8H,1H3,(H3,17,18)(H2,19,20,21). The number of anilines is 2. The van der Waals surface area contributed by atoms with Gasteiger partial charge in [-0.3, -0.25) is 5.41 Å². The molecular formula is C15H15FN4O. The highest BCUT2D eigenvalue weighted by molar-refractivity contribution is 6.02. The molecule has 0 aliphatic heterocycles. The summed E-state index contributed by atoms with van der Waals surface area (Å²) in [6.07, 6.45) is 0. The minimum atomic E-state index is -0.566. The lowest BCUT2D eigenvalue weighted by atomic mass is 10.1. The molecule has 0 fully saturated rings. The van der Waals surface area contributed by atoms with Gasteiger partial charge in [0.15, 0.2) is 0 Å². The number of halogens is 1. The highest BCUT2D eigenvalue weighted by Gasteiger charge is 2.09. The van der Waals surface area contributed by atoms with Crippen LogP contribution in [0.5, 0.6) is 0 Å². The van der Waals surface area contributed by atoms with E-state index in [1.807, 2.05) is 6.92 Å². The lowest BCUT2D eigenvalue weighted by molar-refractivity contribution is 0.262. The van der Waals surface area contributed by atoms with Crippen LogP contribution in [0.1, 0.15) is 11.1 Å². The molecule has 0 heterocycles. The van der Waals surface area contributed by atoms with Gasteiger partial charge in [-0.15, -0.1) is 0 Å². The zero-order valence-corrected chi connectivity index (χ0v) is 11.4. The number of benzene rings is 2. The van der Waals surface area contributed by atoms with E-state index in [2.05, 4.69) is 10.6 Å². The Morgan fingerprint density at radius 3 is 2.48 bits per heavy atom. The molecule has 0 aliphatic rings. The maximum absolute atomic E-state index is 13.5. The molecule has 0 saturated carbocycles. The molecule has 0 atom stereocenters. The van der Waals surface area contributed by atoms with Crippen molar-refractivity contribution in [3.8, 4) is 0 Å². The number of hydrogen-bond donors (Lipinski definition) is 4. The van der Waals surface area contributed by atoms with Crippen molar-refractivity contribution in [2.75, 3.05) is 10.6 Å².